The maximum atomic E-state index is 9.82. The van der Waals surface area contributed by atoms with E-state index < -0.39 is 0 Å². The van der Waals surface area contributed by atoms with Gasteiger partial charge in [0, 0.05) is 6.42 Å². The van der Waals surface area contributed by atoms with E-state index in [0.717, 1.165) is 31.8 Å². The van der Waals surface area contributed by atoms with E-state index in [0.29, 0.717) is 6.42 Å². The molecule has 10 heavy (non-hydrogen) atoms. The predicted molar refractivity (Wildman–Crippen MR) is 39.7 cm³/mol. The third kappa shape index (κ3) is 7.08. The zero-order chi connectivity index (χ0) is 7.66. The molecule has 0 fully saturated rings. The Balaban J connectivity index is 2.96. The highest BCUT2D eigenvalue weighted by molar-refractivity contribution is 5.64. The smallest absolute Gasteiger partial charge is 0.142 e. The van der Waals surface area contributed by atoms with Crippen LogP contribution in [-0.2, 0) is 9.59 Å². The lowest BCUT2D eigenvalue weighted by atomic mass is 10.2. The van der Waals surface area contributed by atoms with E-state index in [1.807, 2.05) is 6.08 Å². The molecule has 2 heteroatoms. The number of allylic oxidation sites excluding steroid dienone is 2. The molecule has 2 nitrogen and oxygen atoms in total. The molecule has 56 valence electrons. The number of carbonyl (C=O) groups excluding carboxylic acids is 2. The van der Waals surface area contributed by atoms with Crippen molar-refractivity contribution in [3.63, 3.8) is 0 Å². The molecule has 0 N–H and O–H groups in total. The van der Waals surface area contributed by atoms with Crippen molar-refractivity contribution in [3.05, 3.63) is 12.2 Å². The summed E-state index contributed by atoms with van der Waals surface area (Å²) in [5.41, 5.74) is 0. The first-order valence-corrected chi connectivity index (χ1v) is 3.45. The minimum absolute atomic E-state index is 0.634. The van der Waals surface area contributed by atoms with E-state index in [1.54, 1.807) is 0 Å². The van der Waals surface area contributed by atoms with Crippen LogP contribution in [-0.4, -0.2) is 12.6 Å². The Labute approximate surface area is 60.9 Å². The third-order valence-electron chi connectivity index (χ3n) is 1.16. The van der Waals surface area contributed by atoms with Gasteiger partial charge in [-0.3, -0.25) is 4.79 Å². The Morgan fingerprint density at radius 2 is 1.70 bits per heavy atom. The number of rotatable bonds is 6. The molecule has 0 unspecified atom stereocenters. The highest BCUT2D eigenvalue weighted by Gasteiger charge is 1.82. The Hall–Kier alpha value is -0.920. The van der Waals surface area contributed by atoms with Crippen LogP contribution in [0.2, 0.25) is 0 Å². The lowest BCUT2D eigenvalue weighted by molar-refractivity contribution is -0.108. The zero-order valence-corrected chi connectivity index (χ0v) is 5.95. The molecule has 0 bridgehead atoms. The van der Waals surface area contributed by atoms with E-state index in [4.69, 9.17) is 0 Å². The molecule has 0 aromatic rings. The number of carbonyl (C=O) groups is 2. The maximum Gasteiger partial charge on any atom is 0.142 e. The van der Waals surface area contributed by atoms with Crippen molar-refractivity contribution < 1.29 is 9.59 Å². The number of aldehydes is 2. The normalized spacial score (nSPS) is 10.0. The Morgan fingerprint density at radius 1 is 1.00 bits per heavy atom. The molecule has 0 aliphatic heterocycles. The van der Waals surface area contributed by atoms with Crippen LogP contribution in [0.1, 0.15) is 25.7 Å². The molecule has 0 radical (unpaired) electrons. The second-order valence-corrected chi connectivity index (χ2v) is 2.02. The molecular weight excluding hydrogens is 128 g/mol. The van der Waals surface area contributed by atoms with Gasteiger partial charge in [-0.15, -0.1) is 0 Å². The van der Waals surface area contributed by atoms with Gasteiger partial charge in [0.25, 0.3) is 0 Å². The molecule has 0 aromatic heterocycles. The van der Waals surface area contributed by atoms with Gasteiger partial charge in [-0.1, -0.05) is 6.08 Å². The summed E-state index contributed by atoms with van der Waals surface area (Å²) >= 11 is 0. The zero-order valence-electron chi connectivity index (χ0n) is 5.95. The minimum Gasteiger partial charge on any atom is -0.303 e. The van der Waals surface area contributed by atoms with E-state index in [9.17, 15) is 9.59 Å². The van der Waals surface area contributed by atoms with E-state index >= 15 is 0 Å². The lowest BCUT2D eigenvalue weighted by Crippen LogP contribution is -1.75. The molecule has 0 spiro atoms. The molecule has 0 saturated heterocycles. The number of hydrogen-bond acceptors (Lipinski definition) is 2. The summed E-state index contributed by atoms with van der Waals surface area (Å²) in [6.45, 7) is 0. The van der Waals surface area contributed by atoms with Gasteiger partial charge in [0.2, 0.25) is 0 Å². The Morgan fingerprint density at radius 3 is 2.30 bits per heavy atom. The number of unbranched alkanes of at least 4 members (excludes halogenated alkanes) is 3. The van der Waals surface area contributed by atoms with Crippen LogP contribution in [0.25, 0.3) is 0 Å². The van der Waals surface area contributed by atoms with Crippen molar-refractivity contribution >= 4 is 12.6 Å². The van der Waals surface area contributed by atoms with E-state index in [1.165, 1.54) is 6.08 Å². The fourth-order valence-corrected chi connectivity index (χ4v) is 0.642. The van der Waals surface area contributed by atoms with Crippen LogP contribution in [0.5, 0.6) is 0 Å². The second kappa shape index (κ2) is 8.08. The topological polar surface area (TPSA) is 34.1 Å². The van der Waals surface area contributed by atoms with Gasteiger partial charge in [0.1, 0.15) is 12.6 Å². The second-order valence-electron chi connectivity index (χ2n) is 2.02. The molecule has 0 aliphatic rings. The van der Waals surface area contributed by atoms with Gasteiger partial charge < -0.3 is 4.79 Å². The van der Waals surface area contributed by atoms with Gasteiger partial charge in [0.05, 0.1) is 0 Å². The maximum absolute atomic E-state index is 9.82. The van der Waals surface area contributed by atoms with Crippen molar-refractivity contribution in [2.45, 2.75) is 25.7 Å². The predicted octanol–water partition coefficient (Wildman–Crippen LogP) is 1.50. The Bertz CT molecular complexity index is 116. The van der Waals surface area contributed by atoms with Gasteiger partial charge >= 0.3 is 0 Å². The summed E-state index contributed by atoms with van der Waals surface area (Å²) < 4.78 is 0. The van der Waals surface area contributed by atoms with Crippen molar-refractivity contribution in [2.24, 2.45) is 0 Å². The van der Waals surface area contributed by atoms with E-state index in [2.05, 4.69) is 0 Å². The van der Waals surface area contributed by atoms with Crippen molar-refractivity contribution in [1.29, 1.82) is 0 Å². The monoisotopic (exact) mass is 140 g/mol. The third-order valence-corrected chi connectivity index (χ3v) is 1.16. The van der Waals surface area contributed by atoms with Gasteiger partial charge in [-0.25, -0.2) is 0 Å². The van der Waals surface area contributed by atoms with E-state index in [-0.39, 0.29) is 0 Å². The molecule has 0 saturated carbocycles. The quantitative estimate of drug-likeness (QED) is 0.318. The lowest BCUT2D eigenvalue weighted by Gasteiger charge is -1.88. The molecule has 0 rings (SSSR count). The molecule has 0 amide bonds. The summed E-state index contributed by atoms with van der Waals surface area (Å²) in [6, 6.07) is 0. The summed E-state index contributed by atoms with van der Waals surface area (Å²) in [5.74, 6) is 0. The molecule has 0 aliphatic carbocycles. The van der Waals surface area contributed by atoms with Gasteiger partial charge in [-0.05, 0) is 25.3 Å². The highest BCUT2D eigenvalue weighted by atomic mass is 16.1. The summed E-state index contributed by atoms with van der Waals surface area (Å²) in [4.78, 5) is 19.6. The SMILES string of the molecule is O=C/C=C/CCCCC=O. The van der Waals surface area contributed by atoms with Crippen molar-refractivity contribution in [3.8, 4) is 0 Å². The first kappa shape index (κ1) is 9.08. The summed E-state index contributed by atoms with van der Waals surface area (Å²) in [6.07, 6.45) is 8.43. The van der Waals surface area contributed by atoms with Crippen LogP contribution in [0.15, 0.2) is 12.2 Å². The molecule has 0 aromatic carbocycles. The largest absolute Gasteiger partial charge is 0.303 e. The summed E-state index contributed by atoms with van der Waals surface area (Å²) in [5, 5.41) is 0. The van der Waals surface area contributed by atoms with Crippen LogP contribution in [0.3, 0.4) is 0 Å². The first-order valence-electron chi connectivity index (χ1n) is 3.45. The highest BCUT2D eigenvalue weighted by Crippen LogP contribution is 1.97. The molecule has 0 heterocycles. The molecular formula is C8H12O2. The fourth-order valence-electron chi connectivity index (χ4n) is 0.642. The molecule has 0 atom stereocenters. The average Bonchev–Trinajstić information content (AvgIpc) is 1.97. The first-order chi connectivity index (χ1) is 4.91. The van der Waals surface area contributed by atoms with Crippen molar-refractivity contribution in [2.75, 3.05) is 0 Å². The Kier molecular flexibility index (Phi) is 7.34. The van der Waals surface area contributed by atoms with Crippen LogP contribution >= 0.6 is 0 Å². The van der Waals surface area contributed by atoms with Crippen molar-refractivity contribution in [1.82, 2.24) is 0 Å². The minimum atomic E-state index is 0.634. The average molecular weight is 140 g/mol. The standard InChI is InChI=1S/C8H12O2/c9-7-5-3-1-2-4-6-8-10/h3,5,7-8H,1-2,4,6H2/b5-3+. The summed E-state index contributed by atoms with van der Waals surface area (Å²) in [7, 11) is 0. The fraction of sp³-hybridized carbons (Fsp3) is 0.500. The van der Waals surface area contributed by atoms with Crippen LogP contribution in [0.4, 0.5) is 0 Å². The number of hydrogen-bond donors (Lipinski definition) is 0. The van der Waals surface area contributed by atoms with Gasteiger partial charge in [-0.2, -0.15) is 0 Å². The van der Waals surface area contributed by atoms with Crippen LogP contribution < -0.4 is 0 Å². The van der Waals surface area contributed by atoms with Crippen LogP contribution in [0, 0.1) is 0 Å². The van der Waals surface area contributed by atoms with Gasteiger partial charge in [0.15, 0.2) is 0 Å².